The Bertz CT molecular complexity index is 33.7. The van der Waals surface area contributed by atoms with E-state index in [2.05, 4.69) is 30.0 Å². The van der Waals surface area contributed by atoms with Crippen LogP contribution in [0.2, 0.25) is 0 Å². The molecule has 0 heterocycles. The van der Waals surface area contributed by atoms with Crippen molar-refractivity contribution in [1.82, 2.24) is 0 Å². The van der Waals surface area contributed by atoms with Gasteiger partial charge in [0.05, 0.1) is 0 Å². The van der Waals surface area contributed by atoms with Crippen LogP contribution in [-0.2, 0) is 0 Å². The Labute approximate surface area is 42.5 Å². The lowest BCUT2D eigenvalue weighted by Gasteiger charge is -2.12. The maximum Gasteiger partial charge on any atom is -0.0209 e. The molecular formula is C5H13P. The molecule has 1 unspecified atom stereocenters. The highest BCUT2D eigenvalue weighted by atomic mass is 31.0. The molecule has 0 aliphatic heterocycles. The molecule has 0 aromatic heterocycles. The summed E-state index contributed by atoms with van der Waals surface area (Å²) in [5, 5.41) is 0.458. The number of hydrogen-bond donors (Lipinski definition) is 0. The second kappa shape index (κ2) is 1.93. The van der Waals surface area contributed by atoms with Crippen molar-refractivity contribution in [2.24, 2.45) is 0 Å². The van der Waals surface area contributed by atoms with Crippen LogP contribution in [0.25, 0.3) is 0 Å². The van der Waals surface area contributed by atoms with Crippen molar-refractivity contribution in [1.29, 1.82) is 0 Å². The highest BCUT2D eigenvalue weighted by Gasteiger charge is 2.03. The summed E-state index contributed by atoms with van der Waals surface area (Å²) in [7, 11) is 2.79. The van der Waals surface area contributed by atoms with Crippen LogP contribution in [0.4, 0.5) is 0 Å². The summed E-state index contributed by atoms with van der Waals surface area (Å²) >= 11 is 0. The molecule has 0 saturated carbocycles. The Balaban J connectivity index is 3.17. The normalized spacial score (nSPS) is 12.0. The van der Waals surface area contributed by atoms with E-state index in [0.29, 0.717) is 5.16 Å². The monoisotopic (exact) mass is 104 g/mol. The largest absolute Gasteiger partial charge is 0.132 e. The highest BCUT2D eigenvalue weighted by Crippen LogP contribution is 2.18. The molecule has 6 heavy (non-hydrogen) atoms. The van der Waals surface area contributed by atoms with E-state index in [1.54, 1.807) is 0 Å². The van der Waals surface area contributed by atoms with Crippen LogP contribution in [-0.4, -0.2) is 5.16 Å². The zero-order chi connectivity index (χ0) is 5.21. The molecule has 0 bridgehead atoms. The minimum Gasteiger partial charge on any atom is -0.132 e. The SMILES string of the molecule is CCC(C)(C)P. The fraction of sp³-hybridized carbons (Fsp3) is 1.00. The second-order valence-electron chi connectivity index (χ2n) is 2.34. The van der Waals surface area contributed by atoms with Gasteiger partial charge in [-0.05, 0) is 11.6 Å². The molecule has 38 valence electrons. The smallest absolute Gasteiger partial charge is 0.0209 e. The molecule has 0 radical (unpaired) electrons. The lowest BCUT2D eigenvalue weighted by atomic mass is 10.1. The summed E-state index contributed by atoms with van der Waals surface area (Å²) in [5.41, 5.74) is 0. The van der Waals surface area contributed by atoms with E-state index >= 15 is 0 Å². The lowest BCUT2D eigenvalue weighted by Crippen LogP contribution is -2.04. The Kier molecular flexibility index (Phi) is 2.07. The van der Waals surface area contributed by atoms with Gasteiger partial charge >= 0.3 is 0 Å². The minimum atomic E-state index is 0.458. The number of hydrogen-bond acceptors (Lipinski definition) is 0. The van der Waals surface area contributed by atoms with Gasteiger partial charge < -0.3 is 0 Å². The molecule has 0 spiro atoms. The Morgan fingerprint density at radius 2 is 1.67 bits per heavy atom. The van der Waals surface area contributed by atoms with Crippen molar-refractivity contribution < 1.29 is 0 Å². The van der Waals surface area contributed by atoms with E-state index < -0.39 is 0 Å². The molecule has 0 aliphatic carbocycles. The van der Waals surface area contributed by atoms with Gasteiger partial charge in [0.2, 0.25) is 0 Å². The Morgan fingerprint density at radius 1 is 1.50 bits per heavy atom. The van der Waals surface area contributed by atoms with Crippen LogP contribution in [0.15, 0.2) is 0 Å². The molecule has 0 saturated heterocycles. The molecule has 0 aliphatic rings. The molecule has 1 atom stereocenters. The van der Waals surface area contributed by atoms with Crippen molar-refractivity contribution in [2.75, 3.05) is 0 Å². The summed E-state index contributed by atoms with van der Waals surface area (Å²) in [6.07, 6.45) is 1.23. The summed E-state index contributed by atoms with van der Waals surface area (Å²) < 4.78 is 0. The predicted molar refractivity (Wildman–Crippen MR) is 34.1 cm³/mol. The molecule has 0 amide bonds. The molecule has 0 rings (SSSR count). The first-order valence-corrected chi connectivity index (χ1v) is 2.93. The van der Waals surface area contributed by atoms with Crippen LogP contribution in [0, 0.1) is 0 Å². The van der Waals surface area contributed by atoms with E-state index in [1.807, 2.05) is 0 Å². The summed E-state index contributed by atoms with van der Waals surface area (Å²) in [6.45, 7) is 6.60. The fourth-order valence-electron chi connectivity index (χ4n) is 0. The van der Waals surface area contributed by atoms with Crippen molar-refractivity contribution in [3.63, 3.8) is 0 Å². The van der Waals surface area contributed by atoms with Crippen LogP contribution in [0.1, 0.15) is 27.2 Å². The van der Waals surface area contributed by atoms with Crippen LogP contribution in [0.3, 0.4) is 0 Å². The summed E-state index contributed by atoms with van der Waals surface area (Å²) in [5.74, 6) is 0. The van der Waals surface area contributed by atoms with Gasteiger partial charge in [-0.25, -0.2) is 0 Å². The van der Waals surface area contributed by atoms with Crippen molar-refractivity contribution in [2.45, 2.75) is 32.3 Å². The van der Waals surface area contributed by atoms with Gasteiger partial charge in [-0.3, -0.25) is 0 Å². The van der Waals surface area contributed by atoms with E-state index in [1.165, 1.54) is 6.42 Å². The van der Waals surface area contributed by atoms with E-state index in [-0.39, 0.29) is 0 Å². The quantitative estimate of drug-likeness (QED) is 0.446. The first-order chi connectivity index (χ1) is 2.56. The third-order valence-electron chi connectivity index (χ3n) is 0.911. The third-order valence-corrected chi connectivity index (χ3v) is 1.32. The molecule has 0 aromatic rings. The van der Waals surface area contributed by atoms with E-state index in [4.69, 9.17) is 0 Å². The summed E-state index contributed by atoms with van der Waals surface area (Å²) in [4.78, 5) is 0. The Morgan fingerprint density at radius 3 is 1.67 bits per heavy atom. The van der Waals surface area contributed by atoms with Crippen LogP contribution >= 0.6 is 9.24 Å². The lowest BCUT2D eigenvalue weighted by molar-refractivity contribution is 0.685. The topological polar surface area (TPSA) is 0 Å². The first-order valence-electron chi connectivity index (χ1n) is 2.35. The van der Waals surface area contributed by atoms with Gasteiger partial charge in [0.1, 0.15) is 0 Å². The van der Waals surface area contributed by atoms with Crippen LogP contribution < -0.4 is 0 Å². The van der Waals surface area contributed by atoms with E-state index in [0.717, 1.165) is 0 Å². The van der Waals surface area contributed by atoms with Gasteiger partial charge in [-0.15, -0.1) is 9.24 Å². The number of rotatable bonds is 1. The van der Waals surface area contributed by atoms with E-state index in [9.17, 15) is 0 Å². The highest BCUT2D eigenvalue weighted by molar-refractivity contribution is 7.18. The standard InChI is InChI=1S/C5H13P/c1-4-5(2,3)6/h4,6H2,1-3H3. The maximum absolute atomic E-state index is 2.79. The minimum absolute atomic E-state index is 0.458. The van der Waals surface area contributed by atoms with Crippen LogP contribution in [0.5, 0.6) is 0 Å². The molecule has 0 aromatic carbocycles. The predicted octanol–water partition coefficient (Wildman–Crippen LogP) is 2.05. The molecule has 0 N–H and O–H groups in total. The average Bonchev–Trinajstić information content (AvgIpc) is 1.35. The molecule has 1 heteroatoms. The first kappa shape index (κ1) is 6.43. The van der Waals surface area contributed by atoms with Gasteiger partial charge in [-0.1, -0.05) is 20.8 Å². The van der Waals surface area contributed by atoms with Gasteiger partial charge in [0, 0.05) is 0 Å². The van der Waals surface area contributed by atoms with Gasteiger partial charge in [-0.2, -0.15) is 0 Å². The second-order valence-corrected chi connectivity index (χ2v) is 3.91. The van der Waals surface area contributed by atoms with Crippen molar-refractivity contribution >= 4 is 9.24 Å². The van der Waals surface area contributed by atoms with Crippen molar-refractivity contribution in [3.05, 3.63) is 0 Å². The molecule has 0 nitrogen and oxygen atoms in total. The average molecular weight is 104 g/mol. The molecular weight excluding hydrogens is 91.0 g/mol. The molecule has 0 fully saturated rings. The zero-order valence-electron chi connectivity index (χ0n) is 4.78. The van der Waals surface area contributed by atoms with Gasteiger partial charge in [0.25, 0.3) is 0 Å². The maximum atomic E-state index is 2.79. The fourth-order valence-corrected chi connectivity index (χ4v) is 0. The van der Waals surface area contributed by atoms with Crippen molar-refractivity contribution in [3.8, 4) is 0 Å². The van der Waals surface area contributed by atoms with Gasteiger partial charge in [0.15, 0.2) is 0 Å². The summed E-state index contributed by atoms with van der Waals surface area (Å²) in [6, 6.07) is 0. The zero-order valence-corrected chi connectivity index (χ0v) is 5.94. The Hall–Kier alpha value is 0.430. The third kappa shape index (κ3) is 4.43.